The van der Waals surface area contributed by atoms with E-state index in [0.29, 0.717) is 24.9 Å². The van der Waals surface area contributed by atoms with Gasteiger partial charge in [0.15, 0.2) is 0 Å². The molecule has 22 heavy (non-hydrogen) atoms. The summed E-state index contributed by atoms with van der Waals surface area (Å²) in [4.78, 5) is 14.4. The van der Waals surface area contributed by atoms with Gasteiger partial charge in [0.2, 0.25) is 5.91 Å². The van der Waals surface area contributed by atoms with Gasteiger partial charge in [-0.3, -0.25) is 9.69 Å². The maximum Gasteiger partial charge on any atom is 0.234 e. The van der Waals surface area contributed by atoms with Crippen LogP contribution in [0.15, 0.2) is 24.3 Å². The highest BCUT2D eigenvalue weighted by Gasteiger charge is 2.13. The zero-order chi connectivity index (χ0) is 16.5. The standard InChI is InChI=1S/C19H32N2O/c1-15(2)12-21(13-16(3)4)14-19(22)20-11-10-18-9-7-6-8-17(18)5/h6-9,15-16H,10-14H2,1-5H3,(H,20,22). The molecule has 3 nitrogen and oxygen atoms in total. The Labute approximate surface area is 136 Å². The molecular formula is C19H32N2O. The molecule has 1 amide bonds. The molecule has 0 aliphatic carbocycles. The van der Waals surface area contributed by atoms with Crippen LogP contribution in [-0.2, 0) is 11.2 Å². The maximum atomic E-state index is 12.1. The molecule has 0 aliphatic rings. The summed E-state index contributed by atoms with van der Waals surface area (Å²) >= 11 is 0. The minimum absolute atomic E-state index is 0.134. The Balaban J connectivity index is 2.38. The number of carbonyl (C=O) groups excluding carboxylic acids is 1. The molecule has 1 aromatic carbocycles. The zero-order valence-electron chi connectivity index (χ0n) is 14.9. The first-order valence-corrected chi connectivity index (χ1v) is 8.42. The van der Waals surface area contributed by atoms with Gasteiger partial charge < -0.3 is 5.32 Å². The normalized spacial score (nSPS) is 11.5. The second kappa shape index (κ2) is 9.62. The van der Waals surface area contributed by atoms with Crippen LogP contribution in [0, 0.1) is 18.8 Å². The molecule has 0 atom stereocenters. The number of benzene rings is 1. The Morgan fingerprint density at radius 2 is 1.68 bits per heavy atom. The molecular weight excluding hydrogens is 272 g/mol. The number of hydrogen-bond acceptors (Lipinski definition) is 2. The second-order valence-corrected chi connectivity index (χ2v) is 7.01. The van der Waals surface area contributed by atoms with Crippen LogP contribution in [-0.4, -0.2) is 37.0 Å². The number of nitrogens with zero attached hydrogens (tertiary/aromatic N) is 1. The average Bonchev–Trinajstić information content (AvgIpc) is 2.39. The molecule has 0 radical (unpaired) electrons. The van der Waals surface area contributed by atoms with Crippen molar-refractivity contribution < 1.29 is 4.79 Å². The Bertz CT molecular complexity index is 445. The van der Waals surface area contributed by atoms with E-state index in [1.54, 1.807) is 0 Å². The lowest BCUT2D eigenvalue weighted by atomic mass is 10.1. The molecule has 1 aromatic rings. The molecule has 0 aliphatic heterocycles. The number of carbonyl (C=O) groups is 1. The molecule has 0 aromatic heterocycles. The SMILES string of the molecule is Cc1ccccc1CCNC(=O)CN(CC(C)C)CC(C)C. The molecule has 3 heteroatoms. The van der Waals surface area contributed by atoms with Crippen LogP contribution in [0.4, 0.5) is 0 Å². The average molecular weight is 304 g/mol. The predicted octanol–water partition coefficient (Wildman–Crippen LogP) is 3.27. The largest absolute Gasteiger partial charge is 0.355 e. The topological polar surface area (TPSA) is 32.3 Å². The molecule has 124 valence electrons. The van der Waals surface area contributed by atoms with Crippen LogP contribution < -0.4 is 5.32 Å². The minimum Gasteiger partial charge on any atom is -0.355 e. The summed E-state index contributed by atoms with van der Waals surface area (Å²) in [5.74, 6) is 1.30. The van der Waals surface area contributed by atoms with Gasteiger partial charge in [-0.15, -0.1) is 0 Å². The first kappa shape index (κ1) is 18.7. The van der Waals surface area contributed by atoms with Gasteiger partial charge in [0.05, 0.1) is 6.54 Å². The van der Waals surface area contributed by atoms with Crippen LogP contribution in [0.25, 0.3) is 0 Å². The summed E-state index contributed by atoms with van der Waals surface area (Å²) in [7, 11) is 0. The Morgan fingerprint density at radius 3 is 2.23 bits per heavy atom. The summed E-state index contributed by atoms with van der Waals surface area (Å²) in [6, 6.07) is 8.35. The lowest BCUT2D eigenvalue weighted by molar-refractivity contribution is -0.122. The second-order valence-electron chi connectivity index (χ2n) is 7.01. The van der Waals surface area contributed by atoms with Crippen LogP contribution in [0.5, 0.6) is 0 Å². The van der Waals surface area contributed by atoms with Gasteiger partial charge in [0.1, 0.15) is 0 Å². The Kier molecular flexibility index (Phi) is 8.18. The molecule has 0 bridgehead atoms. The van der Waals surface area contributed by atoms with Crippen molar-refractivity contribution in [1.29, 1.82) is 0 Å². The van der Waals surface area contributed by atoms with E-state index in [0.717, 1.165) is 19.5 Å². The third-order valence-electron chi connectivity index (χ3n) is 3.59. The lowest BCUT2D eigenvalue weighted by Crippen LogP contribution is -2.41. The molecule has 0 saturated heterocycles. The minimum atomic E-state index is 0.134. The van der Waals surface area contributed by atoms with Crippen LogP contribution in [0.2, 0.25) is 0 Å². The van der Waals surface area contributed by atoms with Gasteiger partial charge in [-0.1, -0.05) is 52.0 Å². The monoisotopic (exact) mass is 304 g/mol. The maximum absolute atomic E-state index is 12.1. The van der Waals surface area contributed by atoms with Crippen molar-refractivity contribution in [2.75, 3.05) is 26.2 Å². The van der Waals surface area contributed by atoms with Gasteiger partial charge in [0.25, 0.3) is 0 Å². The van der Waals surface area contributed by atoms with E-state index in [1.807, 2.05) is 6.07 Å². The molecule has 1 rings (SSSR count). The van der Waals surface area contributed by atoms with Crippen molar-refractivity contribution in [2.24, 2.45) is 11.8 Å². The summed E-state index contributed by atoms with van der Waals surface area (Å²) in [5, 5.41) is 3.05. The van der Waals surface area contributed by atoms with E-state index in [-0.39, 0.29) is 5.91 Å². The van der Waals surface area contributed by atoms with Crippen molar-refractivity contribution in [3.63, 3.8) is 0 Å². The van der Waals surface area contributed by atoms with Gasteiger partial charge in [-0.2, -0.15) is 0 Å². The van der Waals surface area contributed by atoms with Crippen LogP contribution >= 0.6 is 0 Å². The smallest absolute Gasteiger partial charge is 0.234 e. The molecule has 0 fully saturated rings. The van der Waals surface area contributed by atoms with E-state index in [4.69, 9.17) is 0 Å². The van der Waals surface area contributed by atoms with E-state index < -0.39 is 0 Å². The van der Waals surface area contributed by atoms with Gasteiger partial charge in [-0.05, 0) is 36.3 Å². The predicted molar refractivity (Wildman–Crippen MR) is 94.0 cm³/mol. The Morgan fingerprint density at radius 1 is 1.09 bits per heavy atom. The number of nitrogens with one attached hydrogen (secondary N) is 1. The first-order chi connectivity index (χ1) is 10.4. The number of rotatable bonds is 9. The highest BCUT2D eigenvalue weighted by atomic mass is 16.2. The number of hydrogen-bond donors (Lipinski definition) is 1. The summed E-state index contributed by atoms with van der Waals surface area (Å²) in [5.41, 5.74) is 2.60. The van der Waals surface area contributed by atoms with Crippen molar-refractivity contribution in [2.45, 2.75) is 41.0 Å². The van der Waals surface area contributed by atoms with E-state index in [1.165, 1.54) is 11.1 Å². The first-order valence-electron chi connectivity index (χ1n) is 8.42. The van der Waals surface area contributed by atoms with Crippen molar-refractivity contribution in [3.05, 3.63) is 35.4 Å². The molecule has 0 spiro atoms. The third-order valence-corrected chi connectivity index (χ3v) is 3.59. The van der Waals surface area contributed by atoms with Gasteiger partial charge in [-0.25, -0.2) is 0 Å². The lowest BCUT2D eigenvalue weighted by Gasteiger charge is -2.25. The summed E-state index contributed by atoms with van der Waals surface area (Å²) < 4.78 is 0. The number of amides is 1. The highest BCUT2D eigenvalue weighted by Crippen LogP contribution is 2.07. The fraction of sp³-hybridized carbons (Fsp3) is 0.632. The fourth-order valence-corrected chi connectivity index (χ4v) is 2.72. The number of aryl methyl sites for hydroxylation is 1. The quantitative estimate of drug-likeness (QED) is 0.759. The van der Waals surface area contributed by atoms with E-state index in [2.05, 4.69) is 63.0 Å². The summed E-state index contributed by atoms with van der Waals surface area (Å²) in [6.07, 6.45) is 0.896. The molecule has 1 N–H and O–H groups in total. The van der Waals surface area contributed by atoms with Crippen LogP contribution in [0.1, 0.15) is 38.8 Å². The third kappa shape index (κ3) is 7.60. The van der Waals surface area contributed by atoms with E-state index >= 15 is 0 Å². The molecule has 0 unspecified atom stereocenters. The Hall–Kier alpha value is -1.35. The molecule has 0 heterocycles. The zero-order valence-corrected chi connectivity index (χ0v) is 14.9. The van der Waals surface area contributed by atoms with Crippen molar-refractivity contribution in [1.82, 2.24) is 10.2 Å². The van der Waals surface area contributed by atoms with Crippen molar-refractivity contribution >= 4 is 5.91 Å². The fourth-order valence-electron chi connectivity index (χ4n) is 2.72. The molecule has 0 saturated carbocycles. The highest BCUT2D eigenvalue weighted by molar-refractivity contribution is 5.78. The van der Waals surface area contributed by atoms with Crippen LogP contribution in [0.3, 0.4) is 0 Å². The van der Waals surface area contributed by atoms with Crippen molar-refractivity contribution in [3.8, 4) is 0 Å². The van der Waals surface area contributed by atoms with E-state index in [9.17, 15) is 4.79 Å². The summed E-state index contributed by atoms with van der Waals surface area (Å²) in [6.45, 7) is 14.1. The van der Waals surface area contributed by atoms with Gasteiger partial charge >= 0.3 is 0 Å². The van der Waals surface area contributed by atoms with Gasteiger partial charge in [0, 0.05) is 19.6 Å².